The van der Waals surface area contributed by atoms with Crippen LogP contribution in [0, 0.1) is 5.41 Å². The molecule has 0 N–H and O–H groups in total. The predicted molar refractivity (Wildman–Crippen MR) is 72.0 cm³/mol. The molecule has 0 saturated carbocycles. The third-order valence-electron chi connectivity index (χ3n) is 1.95. The zero-order valence-electron chi connectivity index (χ0n) is 10.2. The van der Waals surface area contributed by atoms with Crippen LogP contribution in [-0.2, 0) is 12.8 Å². The summed E-state index contributed by atoms with van der Waals surface area (Å²) in [6.45, 7) is 9.06. The average molecular weight is 243 g/mol. The zero-order chi connectivity index (χ0) is 11.3. The highest BCUT2D eigenvalue weighted by molar-refractivity contribution is 7.99. The minimum absolute atomic E-state index is 0.447. The van der Waals surface area contributed by atoms with Crippen molar-refractivity contribution in [3.63, 3.8) is 0 Å². The number of rotatable bonds is 5. The second-order valence-electron chi connectivity index (χ2n) is 4.94. The van der Waals surface area contributed by atoms with Gasteiger partial charge in [0, 0.05) is 17.5 Å². The minimum Gasteiger partial charge on any atom is -0.249 e. The molecule has 0 fully saturated rings. The van der Waals surface area contributed by atoms with Gasteiger partial charge in [-0.25, -0.2) is 4.98 Å². The lowest BCUT2D eigenvalue weighted by Crippen LogP contribution is -2.09. The van der Waals surface area contributed by atoms with Gasteiger partial charge in [0.25, 0.3) is 0 Å². The van der Waals surface area contributed by atoms with Crippen LogP contribution >= 0.6 is 23.1 Å². The number of thiazole rings is 1. The maximum absolute atomic E-state index is 4.43. The van der Waals surface area contributed by atoms with Crippen molar-refractivity contribution >= 4 is 23.1 Å². The maximum atomic E-state index is 4.43. The smallest absolute Gasteiger partial charge is 0.0935 e. The van der Waals surface area contributed by atoms with Crippen molar-refractivity contribution in [1.82, 2.24) is 4.98 Å². The van der Waals surface area contributed by atoms with E-state index < -0.39 is 0 Å². The summed E-state index contributed by atoms with van der Waals surface area (Å²) >= 11 is 3.90. The third-order valence-corrected chi connectivity index (χ3v) is 4.71. The van der Waals surface area contributed by atoms with Gasteiger partial charge in [-0.05, 0) is 23.3 Å². The van der Waals surface area contributed by atoms with Crippen LogP contribution in [-0.4, -0.2) is 16.5 Å². The fourth-order valence-electron chi connectivity index (χ4n) is 1.16. The Morgan fingerprint density at radius 1 is 1.40 bits per heavy atom. The minimum atomic E-state index is 0.447. The zero-order valence-corrected chi connectivity index (χ0v) is 11.8. The van der Waals surface area contributed by atoms with Crippen molar-refractivity contribution in [3.8, 4) is 0 Å². The van der Waals surface area contributed by atoms with E-state index in [0.29, 0.717) is 5.41 Å². The highest BCUT2D eigenvalue weighted by Gasteiger charge is 2.09. The fraction of sp³-hybridized carbons (Fsp3) is 0.750. The van der Waals surface area contributed by atoms with Gasteiger partial charge < -0.3 is 0 Å². The molecule has 0 amide bonds. The Bertz CT molecular complexity index is 286. The largest absolute Gasteiger partial charge is 0.249 e. The Balaban J connectivity index is 2.20. The third kappa shape index (κ3) is 5.57. The van der Waals surface area contributed by atoms with Crippen LogP contribution < -0.4 is 0 Å². The van der Waals surface area contributed by atoms with Crippen LogP contribution in [0.1, 0.15) is 37.6 Å². The Kier molecular flexibility index (Phi) is 5.13. The van der Waals surface area contributed by atoms with Crippen molar-refractivity contribution in [2.75, 3.05) is 11.5 Å². The predicted octanol–water partition coefficient (Wildman–Crippen LogP) is 4.03. The normalized spacial score (nSPS) is 12.0. The van der Waals surface area contributed by atoms with E-state index in [1.165, 1.54) is 21.4 Å². The van der Waals surface area contributed by atoms with Gasteiger partial charge >= 0.3 is 0 Å². The summed E-state index contributed by atoms with van der Waals surface area (Å²) < 4.78 is 0. The van der Waals surface area contributed by atoms with Crippen molar-refractivity contribution in [2.24, 2.45) is 5.41 Å². The van der Waals surface area contributed by atoms with Gasteiger partial charge in [0.05, 0.1) is 5.01 Å². The molecule has 1 aromatic heterocycles. The lowest BCUT2D eigenvalue weighted by Gasteiger charge is -2.16. The number of aromatic nitrogens is 1. The number of aryl methyl sites for hydroxylation is 2. The molecule has 0 spiro atoms. The number of hydrogen-bond acceptors (Lipinski definition) is 3. The van der Waals surface area contributed by atoms with E-state index in [0.717, 1.165) is 12.8 Å². The molecule has 0 saturated heterocycles. The maximum Gasteiger partial charge on any atom is 0.0935 e. The first-order valence-corrected chi connectivity index (χ1v) is 7.50. The highest BCUT2D eigenvalue weighted by atomic mass is 32.2. The Labute approximate surface area is 102 Å². The van der Waals surface area contributed by atoms with Gasteiger partial charge in [-0.2, -0.15) is 11.8 Å². The Morgan fingerprint density at radius 3 is 2.67 bits per heavy atom. The fourth-order valence-corrected chi connectivity index (χ4v) is 3.25. The monoisotopic (exact) mass is 243 g/mol. The lowest BCUT2D eigenvalue weighted by atomic mass is 10.0. The molecule has 0 aromatic carbocycles. The van der Waals surface area contributed by atoms with Crippen LogP contribution in [0.25, 0.3) is 0 Å². The summed E-state index contributed by atoms with van der Waals surface area (Å²) in [6.07, 6.45) is 4.27. The van der Waals surface area contributed by atoms with Crippen LogP contribution in [0.15, 0.2) is 6.20 Å². The number of thioether (sulfide) groups is 1. The molecule has 86 valence electrons. The van der Waals surface area contributed by atoms with Crippen molar-refractivity contribution < 1.29 is 0 Å². The van der Waals surface area contributed by atoms with Gasteiger partial charge in [0.2, 0.25) is 0 Å². The summed E-state index contributed by atoms with van der Waals surface area (Å²) in [7, 11) is 0. The first-order valence-electron chi connectivity index (χ1n) is 5.52. The molecule has 0 unspecified atom stereocenters. The topological polar surface area (TPSA) is 12.9 Å². The van der Waals surface area contributed by atoms with Crippen molar-refractivity contribution in [2.45, 2.75) is 40.5 Å². The summed E-state index contributed by atoms with van der Waals surface area (Å²) in [6, 6.07) is 0. The summed E-state index contributed by atoms with van der Waals surface area (Å²) in [4.78, 5) is 5.83. The summed E-state index contributed by atoms with van der Waals surface area (Å²) in [5.41, 5.74) is 0.447. The first kappa shape index (κ1) is 13.0. The molecule has 0 atom stereocenters. The molecular formula is C12H21NS2. The highest BCUT2D eigenvalue weighted by Crippen LogP contribution is 2.22. The molecule has 15 heavy (non-hydrogen) atoms. The van der Waals surface area contributed by atoms with Crippen LogP contribution in [0.5, 0.6) is 0 Å². The molecular weight excluding hydrogens is 222 g/mol. The molecule has 1 heterocycles. The quantitative estimate of drug-likeness (QED) is 0.724. The second-order valence-corrected chi connectivity index (χ2v) is 7.24. The molecule has 1 aromatic rings. The van der Waals surface area contributed by atoms with Crippen LogP contribution in [0.2, 0.25) is 0 Å². The lowest BCUT2D eigenvalue weighted by molar-refractivity contribution is 0.481. The van der Waals surface area contributed by atoms with Crippen molar-refractivity contribution in [1.29, 1.82) is 0 Å². The van der Waals surface area contributed by atoms with Crippen molar-refractivity contribution in [3.05, 3.63) is 16.1 Å². The second kappa shape index (κ2) is 5.90. The first-order chi connectivity index (χ1) is 7.01. The average Bonchev–Trinajstić information content (AvgIpc) is 2.59. The molecule has 0 bridgehead atoms. The SMILES string of the molecule is CCc1cnc(CCSCC(C)(C)C)s1. The summed E-state index contributed by atoms with van der Waals surface area (Å²) in [5.74, 6) is 2.44. The van der Waals surface area contributed by atoms with E-state index in [4.69, 9.17) is 0 Å². The molecule has 0 aliphatic rings. The molecule has 0 aliphatic heterocycles. The standard InChI is InChI=1S/C12H21NS2/c1-5-10-8-13-11(15-10)6-7-14-9-12(2,3)4/h8H,5-7,9H2,1-4H3. The van der Waals surface area contributed by atoms with Gasteiger partial charge in [0.15, 0.2) is 0 Å². The molecule has 1 rings (SSSR count). The van der Waals surface area contributed by atoms with E-state index >= 15 is 0 Å². The van der Waals surface area contributed by atoms with Crippen LogP contribution in [0.3, 0.4) is 0 Å². The summed E-state index contributed by atoms with van der Waals surface area (Å²) in [5, 5.41) is 1.30. The van der Waals surface area contributed by atoms with E-state index in [1.807, 2.05) is 29.3 Å². The number of nitrogens with zero attached hydrogens (tertiary/aromatic N) is 1. The van der Waals surface area contributed by atoms with E-state index in [2.05, 4.69) is 32.7 Å². The van der Waals surface area contributed by atoms with Gasteiger partial charge in [-0.15, -0.1) is 11.3 Å². The molecule has 0 aliphatic carbocycles. The van der Waals surface area contributed by atoms with E-state index in [-0.39, 0.29) is 0 Å². The van der Waals surface area contributed by atoms with Gasteiger partial charge in [-0.1, -0.05) is 27.7 Å². The van der Waals surface area contributed by atoms with Gasteiger partial charge in [0.1, 0.15) is 0 Å². The molecule has 0 radical (unpaired) electrons. The molecule has 3 heteroatoms. The molecule has 1 nitrogen and oxygen atoms in total. The van der Waals surface area contributed by atoms with Gasteiger partial charge in [-0.3, -0.25) is 0 Å². The Morgan fingerprint density at radius 2 is 2.13 bits per heavy atom. The van der Waals surface area contributed by atoms with E-state index in [1.54, 1.807) is 0 Å². The number of hydrogen-bond donors (Lipinski definition) is 0. The Hall–Kier alpha value is -0.0200. The van der Waals surface area contributed by atoms with E-state index in [9.17, 15) is 0 Å². The van der Waals surface area contributed by atoms with Crippen LogP contribution in [0.4, 0.5) is 0 Å².